The van der Waals surface area contributed by atoms with Crippen LogP contribution in [0.3, 0.4) is 0 Å². The summed E-state index contributed by atoms with van der Waals surface area (Å²) in [5.74, 6) is 0.421. The topological polar surface area (TPSA) is 63.4 Å². The van der Waals surface area contributed by atoms with Gasteiger partial charge in [0.1, 0.15) is 0 Å². The van der Waals surface area contributed by atoms with Crippen LogP contribution in [0, 0.1) is 5.92 Å². The van der Waals surface area contributed by atoms with E-state index in [4.69, 9.17) is 5.73 Å². The highest BCUT2D eigenvalue weighted by molar-refractivity contribution is 7.89. The minimum absolute atomic E-state index is 0.156. The molecule has 0 amide bonds. The van der Waals surface area contributed by atoms with Gasteiger partial charge in [-0.15, -0.1) is 0 Å². The van der Waals surface area contributed by atoms with Crippen molar-refractivity contribution in [3.8, 4) is 0 Å². The van der Waals surface area contributed by atoms with Crippen molar-refractivity contribution >= 4 is 10.0 Å². The number of hydrogen-bond donors (Lipinski definition) is 1. The van der Waals surface area contributed by atoms with Gasteiger partial charge in [-0.2, -0.15) is 0 Å². The third-order valence-corrected chi connectivity index (χ3v) is 5.50. The Labute approximate surface area is 99.2 Å². The lowest BCUT2D eigenvalue weighted by molar-refractivity contribution is 0.268. The summed E-state index contributed by atoms with van der Waals surface area (Å²) < 4.78 is 25.6. The van der Waals surface area contributed by atoms with Gasteiger partial charge < -0.3 is 5.73 Å². The zero-order chi connectivity index (χ0) is 12.3. The molecule has 16 heavy (non-hydrogen) atoms. The van der Waals surface area contributed by atoms with Crippen LogP contribution in [0.5, 0.6) is 0 Å². The normalized spacial score (nSPS) is 27.6. The fourth-order valence-corrected chi connectivity index (χ4v) is 3.97. The van der Waals surface area contributed by atoms with Crippen molar-refractivity contribution in [1.29, 1.82) is 0 Å². The van der Waals surface area contributed by atoms with Gasteiger partial charge in [-0.25, -0.2) is 12.7 Å². The second-order valence-corrected chi connectivity index (χ2v) is 7.33. The molecular formula is C11H24N2O2S. The summed E-state index contributed by atoms with van der Waals surface area (Å²) in [6.07, 6.45) is 3.67. The number of hydrogen-bond acceptors (Lipinski definition) is 3. The van der Waals surface area contributed by atoms with Crippen molar-refractivity contribution in [1.82, 2.24) is 4.31 Å². The van der Waals surface area contributed by atoms with E-state index in [1.165, 1.54) is 0 Å². The summed E-state index contributed by atoms with van der Waals surface area (Å²) in [7, 11) is -1.38. The zero-order valence-electron chi connectivity index (χ0n) is 10.5. The van der Waals surface area contributed by atoms with Gasteiger partial charge in [-0.1, -0.05) is 13.8 Å². The lowest BCUT2D eigenvalue weighted by Crippen LogP contribution is -2.43. The van der Waals surface area contributed by atoms with Gasteiger partial charge in [-0.05, 0) is 31.6 Å². The lowest BCUT2D eigenvalue weighted by Gasteiger charge is -2.33. The molecular weight excluding hydrogens is 224 g/mol. The molecule has 0 spiro atoms. The summed E-state index contributed by atoms with van der Waals surface area (Å²) in [4.78, 5) is 0. The maximum atomic E-state index is 12.0. The molecule has 4 nitrogen and oxygen atoms in total. The molecule has 0 saturated heterocycles. The highest BCUT2D eigenvalue weighted by Gasteiger charge is 2.29. The molecule has 1 fully saturated rings. The molecule has 1 aliphatic carbocycles. The van der Waals surface area contributed by atoms with Crippen LogP contribution >= 0.6 is 0 Å². The van der Waals surface area contributed by atoms with E-state index < -0.39 is 10.0 Å². The van der Waals surface area contributed by atoms with E-state index in [9.17, 15) is 8.42 Å². The molecule has 1 saturated carbocycles. The fraction of sp³-hybridized carbons (Fsp3) is 1.00. The van der Waals surface area contributed by atoms with Crippen LogP contribution in [-0.4, -0.2) is 37.6 Å². The minimum Gasteiger partial charge on any atom is -0.328 e. The van der Waals surface area contributed by atoms with E-state index >= 15 is 0 Å². The summed E-state index contributed by atoms with van der Waals surface area (Å²) in [6, 6.07) is 0.418. The Hall–Kier alpha value is -0.130. The average molecular weight is 248 g/mol. The lowest BCUT2D eigenvalue weighted by atomic mass is 9.92. The number of nitrogens with zero attached hydrogens (tertiary/aromatic N) is 1. The first-order chi connectivity index (χ1) is 7.33. The van der Waals surface area contributed by atoms with Crippen molar-refractivity contribution in [3.05, 3.63) is 0 Å². The van der Waals surface area contributed by atoms with Crippen LogP contribution in [0.15, 0.2) is 0 Å². The van der Waals surface area contributed by atoms with E-state index in [2.05, 4.69) is 0 Å². The molecule has 0 heterocycles. The first-order valence-corrected chi connectivity index (χ1v) is 7.65. The molecule has 5 heteroatoms. The van der Waals surface area contributed by atoms with Crippen LogP contribution in [-0.2, 0) is 10.0 Å². The van der Waals surface area contributed by atoms with Gasteiger partial charge in [-0.3, -0.25) is 0 Å². The Morgan fingerprint density at radius 2 is 1.75 bits per heavy atom. The predicted octanol–water partition coefficient (Wildman–Crippen LogP) is 1.17. The predicted molar refractivity (Wildman–Crippen MR) is 66.6 cm³/mol. The van der Waals surface area contributed by atoms with Crippen LogP contribution in [0.4, 0.5) is 0 Å². The number of sulfonamides is 1. The molecule has 0 aromatic rings. The van der Waals surface area contributed by atoms with Crippen LogP contribution in [0.25, 0.3) is 0 Å². The largest absolute Gasteiger partial charge is 0.328 e. The first kappa shape index (κ1) is 13.9. The highest BCUT2D eigenvalue weighted by atomic mass is 32.2. The van der Waals surface area contributed by atoms with Crippen LogP contribution in [0.1, 0.15) is 39.5 Å². The van der Waals surface area contributed by atoms with Crippen LogP contribution in [0.2, 0.25) is 0 Å². The fourth-order valence-electron chi connectivity index (χ4n) is 2.23. The minimum atomic E-state index is -3.08. The quantitative estimate of drug-likeness (QED) is 0.812. The molecule has 1 rings (SSSR count). The Morgan fingerprint density at radius 3 is 2.19 bits per heavy atom. The standard InChI is InChI=1S/C11H24N2O2S/c1-9(2)8-16(14,15)13(3)11-6-4-10(12)5-7-11/h9-11H,4-8,12H2,1-3H3. The van der Waals surface area contributed by atoms with Gasteiger partial charge in [0.15, 0.2) is 0 Å². The van der Waals surface area contributed by atoms with Gasteiger partial charge >= 0.3 is 0 Å². The first-order valence-electron chi connectivity index (χ1n) is 6.04. The molecule has 96 valence electrons. The maximum Gasteiger partial charge on any atom is 0.214 e. The third kappa shape index (κ3) is 3.71. The summed E-state index contributed by atoms with van der Waals surface area (Å²) >= 11 is 0. The third-order valence-electron chi connectivity index (χ3n) is 3.24. The number of rotatable bonds is 4. The van der Waals surface area contributed by atoms with Crippen molar-refractivity contribution in [2.75, 3.05) is 12.8 Å². The second kappa shape index (κ2) is 5.47. The van der Waals surface area contributed by atoms with Crippen LogP contribution < -0.4 is 5.73 Å². The van der Waals surface area contributed by atoms with Crippen molar-refractivity contribution in [2.45, 2.75) is 51.6 Å². The molecule has 0 bridgehead atoms. The van der Waals surface area contributed by atoms with Crippen molar-refractivity contribution in [3.63, 3.8) is 0 Å². The molecule has 0 unspecified atom stereocenters. The molecule has 0 aromatic heterocycles. The smallest absolute Gasteiger partial charge is 0.214 e. The van der Waals surface area contributed by atoms with E-state index in [-0.39, 0.29) is 23.8 Å². The van der Waals surface area contributed by atoms with Gasteiger partial charge in [0, 0.05) is 19.1 Å². The maximum absolute atomic E-state index is 12.0. The van der Waals surface area contributed by atoms with E-state index in [1.54, 1.807) is 11.4 Å². The SMILES string of the molecule is CC(C)CS(=O)(=O)N(C)C1CCC(N)CC1. The zero-order valence-corrected chi connectivity index (χ0v) is 11.3. The number of nitrogens with two attached hydrogens (primary N) is 1. The Kier molecular flexibility index (Phi) is 4.76. The van der Waals surface area contributed by atoms with E-state index in [0.29, 0.717) is 0 Å². The summed E-state index contributed by atoms with van der Waals surface area (Å²) in [5, 5.41) is 0. The highest BCUT2D eigenvalue weighted by Crippen LogP contribution is 2.23. The van der Waals surface area contributed by atoms with Crippen molar-refractivity contribution in [2.24, 2.45) is 11.7 Å². The molecule has 2 N–H and O–H groups in total. The molecule has 0 aliphatic heterocycles. The Balaban J connectivity index is 2.60. The Bertz CT molecular complexity index is 306. The Morgan fingerprint density at radius 1 is 1.25 bits per heavy atom. The van der Waals surface area contributed by atoms with Crippen molar-refractivity contribution < 1.29 is 8.42 Å². The molecule has 0 atom stereocenters. The van der Waals surface area contributed by atoms with Gasteiger partial charge in [0.25, 0.3) is 0 Å². The molecule has 0 radical (unpaired) electrons. The van der Waals surface area contributed by atoms with E-state index in [0.717, 1.165) is 25.7 Å². The molecule has 0 aromatic carbocycles. The molecule has 1 aliphatic rings. The monoisotopic (exact) mass is 248 g/mol. The summed E-state index contributed by atoms with van der Waals surface area (Å²) in [6.45, 7) is 3.87. The second-order valence-electron chi connectivity index (χ2n) is 5.26. The average Bonchev–Trinajstić information content (AvgIpc) is 2.16. The van der Waals surface area contributed by atoms with E-state index in [1.807, 2.05) is 13.8 Å². The van der Waals surface area contributed by atoms with Gasteiger partial charge in [0.05, 0.1) is 5.75 Å². The summed E-state index contributed by atoms with van der Waals surface area (Å²) in [5.41, 5.74) is 5.82. The van der Waals surface area contributed by atoms with Gasteiger partial charge in [0.2, 0.25) is 10.0 Å².